The molecular formula is C12H19N3O2S2. The van der Waals surface area contributed by atoms with Crippen molar-refractivity contribution < 1.29 is 8.42 Å². The van der Waals surface area contributed by atoms with E-state index in [0.29, 0.717) is 10.9 Å². The summed E-state index contributed by atoms with van der Waals surface area (Å²) in [5, 5.41) is 0.474. The molecule has 0 spiro atoms. The fourth-order valence-corrected chi connectivity index (χ4v) is 5.45. The first kappa shape index (κ1) is 13.2. The number of anilines is 2. The minimum Gasteiger partial charge on any atom is -0.382 e. The summed E-state index contributed by atoms with van der Waals surface area (Å²) in [6.45, 7) is 3.11. The first-order valence-electron chi connectivity index (χ1n) is 6.61. The maximum atomic E-state index is 12.4. The summed E-state index contributed by atoms with van der Waals surface area (Å²) in [7, 11) is -1.34. The second-order valence-electron chi connectivity index (χ2n) is 5.80. The Labute approximate surface area is 117 Å². The predicted molar refractivity (Wildman–Crippen MR) is 77.3 cm³/mol. The second kappa shape index (κ2) is 4.34. The highest BCUT2D eigenvalue weighted by atomic mass is 32.2. The molecule has 0 saturated heterocycles. The van der Waals surface area contributed by atoms with Crippen LogP contribution in [0.2, 0.25) is 0 Å². The van der Waals surface area contributed by atoms with Crippen LogP contribution in [0.3, 0.4) is 0 Å². The van der Waals surface area contributed by atoms with Crippen LogP contribution in [-0.4, -0.2) is 31.6 Å². The molecule has 0 amide bonds. The topological polar surface area (TPSA) is 76.3 Å². The van der Waals surface area contributed by atoms with Crippen molar-refractivity contribution in [3.63, 3.8) is 0 Å². The first-order chi connectivity index (χ1) is 8.91. The highest BCUT2D eigenvalue weighted by Crippen LogP contribution is 2.44. The van der Waals surface area contributed by atoms with Crippen molar-refractivity contribution in [3.05, 3.63) is 0 Å². The van der Waals surface area contributed by atoms with Crippen LogP contribution in [-0.2, 0) is 9.84 Å². The van der Waals surface area contributed by atoms with Crippen LogP contribution in [0.25, 0.3) is 0 Å². The molecule has 2 aliphatic carbocycles. The van der Waals surface area contributed by atoms with Gasteiger partial charge in [0.15, 0.2) is 15.7 Å². The third kappa shape index (κ3) is 2.33. The van der Waals surface area contributed by atoms with Crippen LogP contribution in [0.5, 0.6) is 0 Å². The summed E-state index contributed by atoms with van der Waals surface area (Å²) in [6, 6.07) is 0. The van der Waals surface area contributed by atoms with Crippen molar-refractivity contribution in [3.8, 4) is 0 Å². The fourth-order valence-electron chi connectivity index (χ4n) is 2.43. The summed E-state index contributed by atoms with van der Waals surface area (Å²) in [4.78, 5) is 2.29. The molecule has 5 nitrogen and oxygen atoms in total. The summed E-state index contributed by atoms with van der Waals surface area (Å²) in [5.41, 5.74) is 5.80. The van der Waals surface area contributed by atoms with Gasteiger partial charge in [0.25, 0.3) is 0 Å². The van der Waals surface area contributed by atoms with E-state index in [4.69, 9.17) is 5.73 Å². The van der Waals surface area contributed by atoms with Crippen LogP contribution >= 0.6 is 11.5 Å². The second-order valence-corrected chi connectivity index (χ2v) is 8.72. The molecule has 2 atom stereocenters. The van der Waals surface area contributed by atoms with Gasteiger partial charge >= 0.3 is 0 Å². The number of rotatable bonds is 5. The van der Waals surface area contributed by atoms with Crippen molar-refractivity contribution >= 4 is 32.2 Å². The standard InChI is InChI=1S/C12H19N3O2S2/c1-7-5-8(7)6-15(2)12-10(11(13)14-18-12)19(16,17)9-3-4-9/h7-9H,3-6H2,1-2H3,(H2,13,14). The highest BCUT2D eigenvalue weighted by molar-refractivity contribution is 7.92. The quantitative estimate of drug-likeness (QED) is 0.896. The van der Waals surface area contributed by atoms with Crippen molar-refractivity contribution in [1.29, 1.82) is 0 Å². The van der Waals surface area contributed by atoms with Gasteiger partial charge in [-0.2, -0.15) is 4.37 Å². The molecule has 2 saturated carbocycles. The number of nitrogens with two attached hydrogens (primary N) is 1. The zero-order valence-corrected chi connectivity index (χ0v) is 12.8. The molecule has 0 aliphatic heterocycles. The molecule has 0 radical (unpaired) electrons. The average molecular weight is 301 g/mol. The fraction of sp³-hybridized carbons (Fsp3) is 0.750. The number of nitrogens with zero attached hydrogens (tertiary/aromatic N) is 2. The molecule has 1 aromatic heterocycles. The predicted octanol–water partition coefficient (Wildman–Crippen LogP) is 1.75. The zero-order valence-electron chi connectivity index (χ0n) is 11.2. The van der Waals surface area contributed by atoms with E-state index in [1.165, 1.54) is 18.0 Å². The van der Waals surface area contributed by atoms with E-state index in [9.17, 15) is 8.42 Å². The number of hydrogen-bond donors (Lipinski definition) is 1. The number of sulfone groups is 1. The molecule has 2 N–H and O–H groups in total. The maximum absolute atomic E-state index is 12.4. The van der Waals surface area contributed by atoms with Gasteiger partial charge in [-0.15, -0.1) is 0 Å². The Kier molecular flexibility index (Phi) is 3.01. The molecule has 19 heavy (non-hydrogen) atoms. The summed E-state index contributed by atoms with van der Waals surface area (Å²) in [5.74, 6) is 1.59. The normalized spacial score (nSPS) is 26.4. The van der Waals surface area contributed by atoms with Gasteiger partial charge in [0.1, 0.15) is 9.90 Å². The molecule has 2 unspecified atom stereocenters. The number of nitrogen functional groups attached to an aromatic ring is 1. The van der Waals surface area contributed by atoms with Gasteiger partial charge < -0.3 is 10.6 Å². The van der Waals surface area contributed by atoms with Crippen molar-refractivity contribution in [2.24, 2.45) is 11.8 Å². The minimum absolute atomic E-state index is 0.169. The molecule has 2 aliphatic rings. The van der Waals surface area contributed by atoms with Gasteiger partial charge in [0.2, 0.25) is 0 Å². The largest absolute Gasteiger partial charge is 0.382 e. The van der Waals surface area contributed by atoms with Gasteiger partial charge in [-0.1, -0.05) is 6.92 Å². The van der Waals surface area contributed by atoms with Crippen LogP contribution in [0, 0.1) is 11.8 Å². The van der Waals surface area contributed by atoms with Crippen LogP contribution in [0.1, 0.15) is 26.2 Å². The van der Waals surface area contributed by atoms with Gasteiger partial charge in [0.05, 0.1) is 5.25 Å². The van der Waals surface area contributed by atoms with Crippen molar-refractivity contribution in [2.75, 3.05) is 24.2 Å². The molecule has 7 heteroatoms. The Balaban J connectivity index is 1.89. The lowest BCUT2D eigenvalue weighted by molar-refractivity contribution is 0.595. The Hall–Kier alpha value is -0.820. The SMILES string of the molecule is CC1CC1CN(C)c1snc(N)c1S(=O)(=O)C1CC1. The van der Waals surface area contributed by atoms with Gasteiger partial charge in [-0.05, 0) is 42.6 Å². The summed E-state index contributed by atoms with van der Waals surface area (Å²) in [6.07, 6.45) is 2.73. The van der Waals surface area contributed by atoms with Gasteiger partial charge in [-0.3, -0.25) is 0 Å². The average Bonchev–Trinajstić information content (AvgIpc) is 3.22. The Morgan fingerprint density at radius 2 is 2.11 bits per heavy atom. The first-order valence-corrected chi connectivity index (χ1v) is 8.93. The van der Waals surface area contributed by atoms with E-state index in [2.05, 4.69) is 11.3 Å². The van der Waals surface area contributed by atoms with E-state index in [0.717, 1.165) is 25.3 Å². The lowest BCUT2D eigenvalue weighted by Crippen LogP contribution is -2.22. The minimum atomic E-state index is -3.28. The molecule has 1 heterocycles. The molecule has 0 bridgehead atoms. The molecule has 3 rings (SSSR count). The van der Waals surface area contributed by atoms with E-state index in [-0.39, 0.29) is 16.0 Å². The molecular weight excluding hydrogens is 282 g/mol. The van der Waals surface area contributed by atoms with Crippen molar-refractivity contribution in [2.45, 2.75) is 36.3 Å². The smallest absolute Gasteiger partial charge is 0.187 e. The third-order valence-corrected chi connectivity index (χ3v) is 7.46. The molecule has 2 fully saturated rings. The lowest BCUT2D eigenvalue weighted by atomic mass is 10.3. The Bertz CT molecular complexity index is 592. The van der Waals surface area contributed by atoms with Gasteiger partial charge in [0, 0.05) is 13.6 Å². The number of aromatic nitrogens is 1. The van der Waals surface area contributed by atoms with Crippen LogP contribution in [0.4, 0.5) is 10.8 Å². The van der Waals surface area contributed by atoms with E-state index in [1.54, 1.807) is 0 Å². The number of hydrogen-bond acceptors (Lipinski definition) is 6. The summed E-state index contributed by atoms with van der Waals surface area (Å²) >= 11 is 1.20. The summed E-state index contributed by atoms with van der Waals surface area (Å²) < 4.78 is 28.9. The Morgan fingerprint density at radius 3 is 2.63 bits per heavy atom. The van der Waals surface area contributed by atoms with Crippen LogP contribution in [0.15, 0.2) is 4.90 Å². The highest BCUT2D eigenvalue weighted by Gasteiger charge is 2.42. The molecule has 106 valence electrons. The van der Waals surface area contributed by atoms with Crippen molar-refractivity contribution in [1.82, 2.24) is 4.37 Å². The lowest BCUT2D eigenvalue weighted by Gasteiger charge is -2.18. The Morgan fingerprint density at radius 1 is 1.47 bits per heavy atom. The monoisotopic (exact) mass is 301 g/mol. The van der Waals surface area contributed by atoms with Gasteiger partial charge in [-0.25, -0.2) is 8.42 Å². The zero-order chi connectivity index (χ0) is 13.8. The van der Waals surface area contributed by atoms with Crippen LogP contribution < -0.4 is 10.6 Å². The molecule has 1 aromatic rings. The maximum Gasteiger partial charge on any atom is 0.187 e. The van der Waals surface area contributed by atoms with E-state index < -0.39 is 9.84 Å². The van der Waals surface area contributed by atoms with E-state index in [1.807, 2.05) is 11.9 Å². The molecule has 0 aromatic carbocycles. The third-order valence-electron chi connectivity index (χ3n) is 4.04. The van der Waals surface area contributed by atoms with E-state index >= 15 is 0 Å².